The summed E-state index contributed by atoms with van der Waals surface area (Å²) in [4.78, 5) is 24.9. The number of nitro benzene ring substituents is 1. The van der Waals surface area contributed by atoms with E-state index in [4.69, 9.17) is 16.3 Å². The number of rotatable bonds is 7. The molecule has 0 radical (unpaired) electrons. The smallest absolute Gasteiger partial charge is 0.270 e. The number of amides is 1. The highest BCUT2D eigenvalue weighted by Gasteiger charge is 2.21. The first-order valence-corrected chi connectivity index (χ1v) is 8.24. The van der Waals surface area contributed by atoms with Crippen LogP contribution in [0.1, 0.15) is 22.0 Å². The molecule has 2 aromatic rings. The summed E-state index contributed by atoms with van der Waals surface area (Å²) in [6, 6.07) is 11.2. The van der Waals surface area contributed by atoms with Crippen LogP contribution in [0.3, 0.4) is 0 Å². The minimum Gasteiger partial charge on any atom is -0.496 e. The molecular weight excluding hydrogens is 358 g/mol. The van der Waals surface area contributed by atoms with Gasteiger partial charge >= 0.3 is 0 Å². The van der Waals surface area contributed by atoms with E-state index in [2.05, 4.69) is 5.32 Å². The summed E-state index contributed by atoms with van der Waals surface area (Å²) in [5.41, 5.74) is 0.815. The molecule has 0 saturated heterocycles. The van der Waals surface area contributed by atoms with Crippen molar-refractivity contribution in [2.75, 3.05) is 27.7 Å². The highest BCUT2D eigenvalue weighted by atomic mass is 35.5. The number of carbonyl (C=O) groups excluding carboxylic acids is 1. The van der Waals surface area contributed by atoms with Gasteiger partial charge in [0.25, 0.3) is 11.6 Å². The maximum absolute atomic E-state index is 12.6. The fourth-order valence-electron chi connectivity index (χ4n) is 2.59. The van der Waals surface area contributed by atoms with Gasteiger partial charge in [-0.2, -0.15) is 0 Å². The topological polar surface area (TPSA) is 84.7 Å². The van der Waals surface area contributed by atoms with Crippen LogP contribution in [-0.2, 0) is 0 Å². The zero-order valence-corrected chi connectivity index (χ0v) is 15.5. The Bertz CT molecular complexity index is 811. The van der Waals surface area contributed by atoms with Gasteiger partial charge in [-0.3, -0.25) is 14.9 Å². The average Bonchev–Trinajstić information content (AvgIpc) is 2.62. The molecule has 0 aromatic heterocycles. The molecule has 1 N–H and O–H groups in total. The maximum atomic E-state index is 12.6. The first-order chi connectivity index (χ1) is 12.3. The Morgan fingerprint density at radius 1 is 1.31 bits per heavy atom. The number of hydrogen-bond donors (Lipinski definition) is 1. The molecule has 0 fully saturated rings. The number of benzene rings is 2. The third kappa shape index (κ3) is 4.50. The lowest BCUT2D eigenvalue weighted by atomic mass is 10.1. The van der Waals surface area contributed by atoms with Crippen LogP contribution >= 0.6 is 11.6 Å². The highest BCUT2D eigenvalue weighted by molar-refractivity contribution is 6.31. The quantitative estimate of drug-likeness (QED) is 0.591. The SMILES string of the molecule is COc1ccc([N+](=O)[O-])cc1C(=O)NC[C@H](c1ccccc1Cl)N(C)C. The summed E-state index contributed by atoms with van der Waals surface area (Å²) in [5.74, 6) is -0.184. The van der Waals surface area contributed by atoms with Crippen LogP contribution in [0.25, 0.3) is 0 Å². The van der Waals surface area contributed by atoms with Crippen molar-refractivity contribution >= 4 is 23.2 Å². The van der Waals surface area contributed by atoms with Gasteiger partial charge in [0.05, 0.1) is 23.6 Å². The molecule has 2 rings (SSSR count). The third-order valence-corrected chi connectivity index (χ3v) is 4.33. The van der Waals surface area contributed by atoms with E-state index < -0.39 is 10.8 Å². The molecule has 8 heteroatoms. The van der Waals surface area contributed by atoms with E-state index in [-0.39, 0.29) is 29.6 Å². The normalized spacial score (nSPS) is 11.9. The molecule has 7 nitrogen and oxygen atoms in total. The summed E-state index contributed by atoms with van der Waals surface area (Å²) in [6.45, 7) is 0.279. The highest BCUT2D eigenvalue weighted by Crippen LogP contribution is 2.27. The summed E-state index contributed by atoms with van der Waals surface area (Å²) < 4.78 is 5.14. The first kappa shape index (κ1) is 19.7. The second kappa shape index (κ2) is 8.64. The largest absolute Gasteiger partial charge is 0.496 e. The van der Waals surface area contributed by atoms with Crippen molar-refractivity contribution in [1.29, 1.82) is 0 Å². The van der Waals surface area contributed by atoms with Crippen molar-refractivity contribution in [2.45, 2.75) is 6.04 Å². The average molecular weight is 378 g/mol. The number of ether oxygens (including phenoxy) is 1. The molecule has 2 aromatic carbocycles. The number of nitrogens with zero attached hydrogens (tertiary/aromatic N) is 2. The fraction of sp³-hybridized carbons (Fsp3) is 0.278. The molecular formula is C18H20ClN3O4. The van der Waals surface area contributed by atoms with Crippen LogP contribution in [0.4, 0.5) is 5.69 Å². The monoisotopic (exact) mass is 377 g/mol. The molecule has 0 heterocycles. The van der Waals surface area contributed by atoms with E-state index in [0.717, 1.165) is 5.56 Å². The summed E-state index contributed by atoms with van der Waals surface area (Å²) >= 11 is 6.26. The van der Waals surface area contributed by atoms with Crippen LogP contribution in [-0.4, -0.2) is 43.5 Å². The fourth-order valence-corrected chi connectivity index (χ4v) is 2.85. The number of non-ortho nitro benzene ring substituents is 1. The van der Waals surface area contributed by atoms with Crippen LogP contribution in [0.5, 0.6) is 5.75 Å². The molecule has 1 amide bonds. The maximum Gasteiger partial charge on any atom is 0.270 e. The van der Waals surface area contributed by atoms with Gasteiger partial charge in [0.2, 0.25) is 0 Å². The minimum atomic E-state index is -0.553. The van der Waals surface area contributed by atoms with E-state index in [1.165, 1.54) is 25.3 Å². The number of halogens is 1. The lowest BCUT2D eigenvalue weighted by Crippen LogP contribution is -2.34. The number of hydrogen-bond acceptors (Lipinski definition) is 5. The van der Waals surface area contributed by atoms with E-state index in [1.807, 2.05) is 37.2 Å². The van der Waals surface area contributed by atoms with Crippen LogP contribution in [0, 0.1) is 10.1 Å². The third-order valence-electron chi connectivity index (χ3n) is 3.98. The molecule has 1 atom stereocenters. The van der Waals surface area contributed by atoms with Gasteiger partial charge in [0, 0.05) is 23.7 Å². The molecule has 0 aliphatic rings. The lowest BCUT2D eigenvalue weighted by Gasteiger charge is -2.26. The van der Waals surface area contributed by atoms with Gasteiger partial charge < -0.3 is 15.0 Å². The standard InChI is InChI=1S/C18H20ClN3O4/c1-21(2)16(13-6-4-5-7-15(13)19)11-20-18(23)14-10-12(22(24)25)8-9-17(14)26-3/h4-10,16H,11H2,1-3H3,(H,20,23)/t16-/m1/s1. The molecule has 0 aliphatic heterocycles. The number of carbonyl (C=O) groups is 1. The molecule has 26 heavy (non-hydrogen) atoms. The molecule has 138 valence electrons. The van der Waals surface area contributed by atoms with Crippen molar-refractivity contribution in [2.24, 2.45) is 0 Å². The number of methoxy groups -OCH3 is 1. The zero-order valence-electron chi connectivity index (χ0n) is 14.7. The van der Waals surface area contributed by atoms with Gasteiger partial charge in [-0.05, 0) is 31.8 Å². The van der Waals surface area contributed by atoms with E-state index in [1.54, 1.807) is 6.07 Å². The Kier molecular flexibility index (Phi) is 6.54. The Morgan fingerprint density at radius 3 is 2.58 bits per heavy atom. The van der Waals surface area contributed by atoms with Crippen molar-refractivity contribution in [3.8, 4) is 5.75 Å². The Hall–Kier alpha value is -2.64. The van der Waals surface area contributed by atoms with Crippen molar-refractivity contribution < 1.29 is 14.5 Å². The Morgan fingerprint density at radius 2 is 2.00 bits per heavy atom. The molecule has 0 bridgehead atoms. The zero-order chi connectivity index (χ0) is 19.3. The van der Waals surface area contributed by atoms with Crippen LogP contribution < -0.4 is 10.1 Å². The second-order valence-electron chi connectivity index (χ2n) is 5.85. The van der Waals surface area contributed by atoms with E-state index >= 15 is 0 Å². The van der Waals surface area contributed by atoms with Gasteiger partial charge in [-0.25, -0.2) is 0 Å². The van der Waals surface area contributed by atoms with Crippen LogP contribution in [0.15, 0.2) is 42.5 Å². The van der Waals surface area contributed by atoms with E-state index in [0.29, 0.717) is 5.02 Å². The minimum absolute atomic E-state index is 0.110. The van der Waals surface area contributed by atoms with Crippen molar-refractivity contribution in [3.63, 3.8) is 0 Å². The van der Waals surface area contributed by atoms with Crippen molar-refractivity contribution in [3.05, 3.63) is 68.7 Å². The Balaban J connectivity index is 2.22. The molecule has 0 aliphatic carbocycles. The van der Waals surface area contributed by atoms with Crippen LogP contribution in [0.2, 0.25) is 5.02 Å². The number of likely N-dealkylation sites (N-methyl/N-ethyl adjacent to an activating group) is 1. The molecule has 0 unspecified atom stereocenters. The van der Waals surface area contributed by atoms with Gasteiger partial charge in [0.15, 0.2) is 0 Å². The lowest BCUT2D eigenvalue weighted by molar-refractivity contribution is -0.384. The van der Waals surface area contributed by atoms with E-state index in [9.17, 15) is 14.9 Å². The summed E-state index contributed by atoms with van der Waals surface area (Å²) in [5, 5.41) is 14.4. The van der Waals surface area contributed by atoms with Gasteiger partial charge in [0.1, 0.15) is 5.75 Å². The van der Waals surface area contributed by atoms with Crippen molar-refractivity contribution in [1.82, 2.24) is 10.2 Å². The van der Waals surface area contributed by atoms with Gasteiger partial charge in [-0.15, -0.1) is 0 Å². The van der Waals surface area contributed by atoms with Gasteiger partial charge in [-0.1, -0.05) is 29.8 Å². The first-order valence-electron chi connectivity index (χ1n) is 7.86. The summed E-state index contributed by atoms with van der Waals surface area (Å²) in [7, 11) is 5.17. The Labute approximate surface area is 156 Å². The second-order valence-corrected chi connectivity index (χ2v) is 6.26. The molecule has 0 saturated carbocycles. The summed E-state index contributed by atoms with van der Waals surface area (Å²) in [6.07, 6.45) is 0. The molecule has 0 spiro atoms. The number of nitro groups is 1. The number of nitrogens with one attached hydrogen (secondary N) is 1. The predicted octanol–water partition coefficient (Wildman–Crippen LogP) is 3.29. The predicted molar refractivity (Wildman–Crippen MR) is 99.9 cm³/mol.